The molecule has 1 aromatic carbocycles. The Morgan fingerprint density at radius 2 is 2.07 bits per heavy atom. The molecule has 14 heavy (non-hydrogen) atoms. The molecular weight excluding hydrogens is 242 g/mol. The van der Waals surface area contributed by atoms with E-state index in [1.54, 1.807) is 0 Å². The van der Waals surface area contributed by atoms with E-state index in [1.807, 2.05) is 0 Å². The van der Waals surface area contributed by atoms with Gasteiger partial charge in [0.1, 0.15) is 0 Å². The number of ether oxygens (including phenoxy) is 1. The monoisotopic (exact) mass is 255 g/mol. The van der Waals surface area contributed by atoms with Crippen LogP contribution in [0.15, 0.2) is 28.7 Å². The largest absolute Gasteiger partial charge is 0.372 e. The zero-order chi connectivity index (χ0) is 9.80. The summed E-state index contributed by atoms with van der Waals surface area (Å²) < 4.78 is 6.86. The highest BCUT2D eigenvalue weighted by Crippen LogP contribution is 2.20. The summed E-state index contributed by atoms with van der Waals surface area (Å²) in [6.07, 6.45) is 1.32. The molecule has 2 nitrogen and oxygen atoms in total. The van der Waals surface area contributed by atoms with E-state index in [1.165, 1.54) is 5.56 Å². The molecule has 1 aromatic rings. The van der Waals surface area contributed by atoms with E-state index in [0.29, 0.717) is 0 Å². The van der Waals surface area contributed by atoms with Gasteiger partial charge < -0.3 is 10.1 Å². The lowest BCUT2D eigenvalue weighted by molar-refractivity contribution is 0.0669. The topological polar surface area (TPSA) is 21.3 Å². The Bertz CT molecular complexity index is 278. The van der Waals surface area contributed by atoms with Gasteiger partial charge in [-0.2, -0.15) is 0 Å². The molecule has 2 rings (SSSR count). The first-order chi connectivity index (χ1) is 6.86. The predicted molar refractivity (Wildman–Crippen MR) is 60.3 cm³/mol. The molecule has 76 valence electrons. The van der Waals surface area contributed by atoms with Crippen LogP contribution < -0.4 is 5.32 Å². The fourth-order valence-corrected chi connectivity index (χ4v) is 1.87. The quantitative estimate of drug-likeness (QED) is 0.833. The van der Waals surface area contributed by atoms with Crippen molar-refractivity contribution in [3.05, 3.63) is 34.3 Å². The second kappa shape index (κ2) is 4.91. The van der Waals surface area contributed by atoms with Gasteiger partial charge >= 0.3 is 0 Å². The summed E-state index contributed by atoms with van der Waals surface area (Å²) in [6, 6.07) is 8.34. The zero-order valence-electron chi connectivity index (χ0n) is 8.00. The van der Waals surface area contributed by atoms with E-state index in [9.17, 15) is 0 Å². The van der Waals surface area contributed by atoms with Crippen LogP contribution in [0.1, 0.15) is 18.1 Å². The van der Waals surface area contributed by atoms with Crippen molar-refractivity contribution in [3.8, 4) is 0 Å². The van der Waals surface area contributed by atoms with Crippen LogP contribution in [0.4, 0.5) is 0 Å². The molecule has 0 radical (unpaired) electrons. The van der Waals surface area contributed by atoms with Crippen molar-refractivity contribution < 1.29 is 4.74 Å². The summed E-state index contributed by atoms with van der Waals surface area (Å²) in [7, 11) is 0. The third kappa shape index (κ3) is 2.56. The maximum absolute atomic E-state index is 5.75. The molecule has 1 fully saturated rings. The van der Waals surface area contributed by atoms with Crippen LogP contribution in [0.2, 0.25) is 0 Å². The number of benzene rings is 1. The lowest BCUT2D eigenvalue weighted by atomic mass is 10.1. The maximum atomic E-state index is 5.75. The number of rotatable bonds is 1. The number of hydrogen-bond acceptors (Lipinski definition) is 2. The third-order valence-corrected chi connectivity index (χ3v) is 2.92. The van der Waals surface area contributed by atoms with Crippen molar-refractivity contribution in [2.24, 2.45) is 0 Å². The van der Waals surface area contributed by atoms with E-state index < -0.39 is 0 Å². The summed E-state index contributed by atoms with van der Waals surface area (Å²) in [5.41, 5.74) is 1.25. The molecule has 1 unspecified atom stereocenters. The lowest BCUT2D eigenvalue weighted by Gasteiger charge is -2.15. The highest BCUT2D eigenvalue weighted by atomic mass is 79.9. The van der Waals surface area contributed by atoms with Gasteiger partial charge in [0.25, 0.3) is 0 Å². The Morgan fingerprint density at radius 3 is 2.86 bits per heavy atom. The van der Waals surface area contributed by atoms with Crippen LogP contribution in [0.25, 0.3) is 0 Å². The van der Waals surface area contributed by atoms with Crippen LogP contribution in [0.3, 0.4) is 0 Å². The molecule has 0 aliphatic carbocycles. The molecular formula is C11H14BrNO. The van der Waals surface area contributed by atoms with Crippen LogP contribution in [-0.4, -0.2) is 19.7 Å². The molecule has 1 aliphatic rings. The number of halogens is 1. The van der Waals surface area contributed by atoms with Crippen LogP contribution in [-0.2, 0) is 4.74 Å². The molecule has 0 bridgehead atoms. The van der Waals surface area contributed by atoms with Gasteiger partial charge in [-0.05, 0) is 30.7 Å². The molecule has 0 spiro atoms. The zero-order valence-corrected chi connectivity index (χ0v) is 9.59. The Balaban J connectivity index is 2.08. The van der Waals surface area contributed by atoms with E-state index in [-0.39, 0.29) is 6.10 Å². The van der Waals surface area contributed by atoms with Crippen LogP contribution in [0.5, 0.6) is 0 Å². The second-order valence-corrected chi connectivity index (χ2v) is 4.38. The van der Waals surface area contributed by atoms with Crippen molar-refractivity contribution in [3.63, 3.8) is 0 Å². The van der Waals surface area contributed by atoms with Gasteiger partial charge in [-0.15, -0.1) is 0 Å². The molecule has 1 N–H and O–H groups in total. The summed E-state index contributed by atoms with van der Waals surface area (Å²) >= 11 is 3.43. The van der Waals surface area contributed by atoms with Gasteiger partial charge in [0, 0.05) is 17.6 Å². The molecule has 0 amide bonds. The normalized spacial score (nSPS) is 23.1. The highest BCUT2D eigenvalue weighted by molar-refractivity contribution is 9.10. The summed E-state index contributed by atoms with van der Waals surface area (Å²) in [5, 5.41) is 3.37. The van der Waals surface area contributed by atoms with Crippen molar-refractivity contribution in [2.45, 2.75) is 12.5 Å². The third-order valence-electron chi connectivity index (χ3n) is 2.39. The SMILES string of the molecule is Brc1ccc(C2CNCCCO2)cc1. The standard InChI is InChI=1S/C11H14BrNO/c12-10-4-2-9(3-5-10)11-8-13-6-1-7-14-11/h2-5,11,13H,1,6-8H2. The van der Waals surface area contributed by atoms with Crippen LogP contribution >= 0.6 is 15.9 Å². The number of nitrogens with one attached hydrogen (secondary N) is 1. The summed E-state index contributed by atoms with van der Waals surface area (Å²) in [6.45, 7) is 2.84. The molecule has 0 aromatic heterocycles. The van der Waals surface area contributed by atoms with E-state index in [0.717, 1.165) is 30.6 Å². The van der Waals surface area contributed by atoms with Gasteiger partial charge in [0.2, 0.25) is 0 Å². The Hall–Kier alpha value is -0.380. The van der Waals surface area contributed by atoms with Gasteiger partial charge in [-0.25, -0.2) is 0 Å². The smallest absolute Gasteiger partial charge is 0.0949 e. The predicted octanol–water partition coefficient (Wildman–Crippen LogP) is 2.50. The first-order valence-electron chi connectivity index (χ1n) is 4.94. The molecule has 3 heteroatoms. The molecule has 1 saturated heterocycles. The lowest BCUT2D eigenvalue weighted by Crippen LogP contribution is -2.19. The minimum absolute atomic E-state index is 0.214. The minimum atomic E-state index is 0.214. The van der Waals surface area contributed by atoms with Gasteiger partial charge in [0.15, 0.2) is 0 Å². The highest BCUT2D eigenvalue weighted by Gasteiger charge is 2.13. The van der Waals surface area contributed by atoms with Crippen molar-refractivity contribution in [1.82, 2.24) is 5.32 Å². The Labute approximate surface area is 92.8 Å². The molecule has 1 aliphatic heterocycles. The summed E-state index contributed by atoms with van der Waals surface area (Å²) in [4.78, 5) is 0. The van der Waals surface area contributed by atoms with Gasteiger partial charge in [-0.1, -0.05) is 28.1 Å². The van der Waals surface area contributed by atoms with E-state index >= 15 is 0 Å². The molecule has 1 heterocycles. The fraction of sp³-hybridized carbons (Fsp3) is 0.455. The van der Waals surface area contributed by atoms with E-state index in [2.05, 4.69) is 45.5 Å². The molecule has 1 atom stereocenters. The molecule has 0 saturated carbocycles. The number of hydrogen-bond donors (Lipinski definition) is 1. The average molecular weight is 256 g/mol. The summed E-state index contributed by atoms with van der Waals surface area (Å²) in [5.74, 6) is 0. The van der Waals surface area contributed by atoms with Crippen molar-refractivity contribution >= 4 is 15.9 Å². The Kier molecular flexibility index (Phi) is 3.56. The van der Waals surface area contributed by atoms with Gasteiger partial charge in [0.05, 0.1) is 6.10 Å². The van der Waals surface area contributed by atoms with Crippen molar-refractivity contribution in [1.29, 1.82) is 0 Å². The van der Waals surface area contributed by atoms with Crippen LogP contribution in [0, 0.1) is 0 Å². The second-order valence-electron chi connectivity index (χ2n) is 3.47. The average Bonchev–Trinajstić information content (AvgIpc) is 2.47. The fourth-order valence-electron chi connectivity index (χ4n) is 1.61. The first-order valence-corrected chi connectivity index (χ1v) is 5.73. The minimum Gasteiger partial charge on any atom is -0.372 e. The van der Waals surface area contributed by atoms with Gasteiger partial charge in [-0.3, -0.25) is 0 Å². The maximum Gasteiger partial charge on any atom is 0.0949 e. The van der Waals surface area contributed by atoms with E-state index in [4.69, 9.17) is 4.74 Å². The first kappa shape index (κ1) is 10.1. The van der Waals surface area contributed by atoms with Crippen molar-refractivity contribution in [2.75, 3.05) is 19.7 Å². The Morgan fingerprint density at radius 1 is 1.29 bits per heavy atom.